The van der Waals surface area contributed by atoms with Crippen molar-refractivity contribution in [2.75, 3.05) is 5.32 Å². The van der Waals surface area contributed by atoms with Crippen molar-refractivity contribution in [3.63, 3.8) is 0 Å². The zero-order chi connectivity index (χ0) is 29.7. The molecule has 0 aliphatic rings. The summed E-state index contributed by atoms with van der Waals surface area (Å²) in [5.74, 6) is -1.36. The van der Waals surface area contributed by atoms with Crippen LogP contribution < -0.4 is 10.6 Å². The van der Waals surface area contributed by atoms with Crippen LogP contribution in [0.25, 0.3) is 22.0 Å². The first kappa shape index (κ1) is 28.5. The Kier molecular flexibility index (Phi) is 8.29. The number of carbonyl (C=O) groups is 2. The molecule has 7 heteroatoms. The first-order valence-corrected chi connectivity index (χ1v) is 14.0. The molecule has 0 aliphatic heterocycles. The van der Waals surface area contributed by atoms with Crippen molar-refractivity contribution in [2.24, 2.45) is 0 Å². The van der Waals surface area contributed by atoms with E-state index in [0.717, 1.165) is 27.6 Å². The third-order valence-corrected chi connectivity index (χ3v) is 7.19. The Morgan fingerprint density at radius 2 is 1.38 bits per heavy atom. The highest BCUT2D eigenvalue weighted by Gasteiger charge is 2.24. The minimum Gasteiger partial charge on any atom is -0.480 e. The molecule has 42 heavy (non-hydrogen) atoms. The van der Waals surface area contributed by atoms with Gasteiger partial charge in [-0.05, 0) is 45.4 Å². The molecule has 3 N–H and O–H groups in total. The van der Waals surface area contributed by atoms with Crippen LogP contribution in [0.3, 0.4) is 0 Å². The van der Waals surface area contributed by atoms with Crippen molar-refractivity contribution >= 4 is 28.6 Å². The lowest BCUT2D eigenvalue weighted by atomic mass is 9.87. The van der Waals surface area contributed by atoms with E-state index in [-0.39, 0.29) is 17.7 Å². The number of aromatic nitrogens is 2. The second-order valence-corrected chi connectivity index (χ2v) is 11.3. The lowest BCUT2D eigenvalue weighted by molar-refractivity contribution is -0.139. The second-order valence-electron chi connectivity index (χ2n) is 11.3. The Labute approximate surface area is 245 Å². The molecule has 0 fully saturated rings. The summed E-state index contributed by atoms with van der Waals surface area (Å²) in [6.07, 6.45) is 0.124. The van der Waals surface area contributed by atoms with Gasteiger partial charge in [-0.2, -0.15) is 0 Å². The van der Waals surface area contributed by atoms with Gasteiger partial charge in [0.25, 0.3) is 5.91 Å². The number of benzene rings is 4. The maximum Gasteiger partial charge on any atom is 0.326 e. The smallest absolute Gasteiger partial charge is 0.326 e. The van der Waals surface area contributed by atoms with E-state index >= 15 is 0 Å². The van der Waals surface area contributed by atoms with Crippen molar-refractivity contribution in [3.8, 4) is 11.1 Å². The summed E-state index contributed by atoms with van der Waals surface area (Å²) in [5.41, 5.74) is 5.88. The molecule has 0 spiro atoms. The van der Waals surface area contributed by atoms with Crippen LogP contribution in [0.5, 0.6) is 0 Å². The quantitative estimate of drug-likeness (QED) is 0.188. The molecule has 5 aromatic rings. The maximum absolute atomic E-state index is 13.3. The number of nitrogens with one attached hydrogen (secondary N) is 2. The van der Waals surface area contributed by atoms with E-state index in [2.05, 4.69) is 65.6 Å². The lowest BCUT2D eigenvalue weighted by Gasteiger charge is -2.19. The average molecular weight is 559 g/mol. The van der Waals surface area contributed by atoms with Crippen molar-refractivity contribution in [1.82, 2.24) is 15.3 Å². The van der Waals surface area contributed by atoms with Gasteiger partial charge < -0.3 is 15.7 Å². The topological polar surface area (TPSA) is 104 Å². The fourth-order valence-corrected chi connectivity index (χ4v) is 4.74. The standard InChI is InChI=1S/C35H34N4O3/c1-35(2,3)27-19-15-24(16-20-27)22-36-31-28-11-7-8-12-29(28)37-32(39-31)33(40)38-30(34(41)42)21-23-13-17-26(18-14-23)25-9-5-4-6-10-25/h4-20,30H,21-22H2,1-3H3,(H,38,40)(H,41,42)(H,36,37,39)/t30-/m0/s1. The summed E-state index contributed by atoms with van der Waals surface area (Å²) < 4.78 is 0. The molecule has 5 rings (SSSR count). The second kappa shape index (κ2) is 12.2. The van der Waals surface area contributed by atoms with Crippen LogP contribution >= 0.6 is 0 Å². The number of carbonyl (C=O) groups excluding carboxylic acids is 1. The van der Waals surface area contributed by atoms with E-state index in [0.29, 0.717) is 17.9 Å². The molecular formula is C35H34N4O3. The molecule has 7 nitrogen and oxygen atoms in total. The van der Waals surface area contributed by atoms with Gasteiger partial charge in [-0.25, -0.2) is 14.8 Å². The molecule has 0 saturated heterocycles. The fourth-order valence-electron chi connectivity index (χ4n) is 4.74. The zero-order valence-corrected chi connectivity index (χ0v) is 24.0. The molecule has 4 aromatic carbocycles. The summed E-state index contributed by atoms with van der Waals surface area (Å²) in [4.78, 5) is 34.3. The number of nitrogens with zero attached hydrogens (tertiary/aromatic N) is 2. The van der Waals surface area contributed by atoms with Gasteiger partial charge in [0.15, 0.2) is 0 Å². The minimum atomic E-state index is -1.15. The van der Waals surface area contributed by atoms with Gasteiger partial charge in [-0.15, -0.1) is 0 Å². The van der Waals surface area contributed by atoms with E-state index in [1.54, 1.807) is 6.07 Å². The number of amides is 1. The Hall–Kier alpha value is -5.04. The van der Waals surface area contributed by atoms with E-state index in [4.69, 9.17) is 0 Å². The number of rotatable bonds is 9. The van der Waals surface area contributed by atoms with Crippen LogP contribution in [0.1, 0.15) is 48.1 Å². The molecule has 0 unspecified atom stereocenters. The third kappa shape index (κ3) is 6.81. The van der Waals surface area contributed by atoms with Crippen molar-refractivity contribution < 1.29 is 14.7 Å². The van der Waals surface area contributed by atoms with Crippen molar-refractivity contribution in [2.45, 2.75) is 45.2 Å². The third-order valence-electron chi connectivity index (χ3n) is 7.19. The summed E-state index contributed by atoms with van der Waals surface area (Å²) in [5, 5.41) is 16.6. The molecule has 1 atom stereocenters. The number of carboxylic acid groups (broad SMARTS) is 1. The number of hydrogen-bond acceptors (Lipinski definition) is 5. The molecule has 1 amide bonds. The summed E-state index contributed by atoms with van der Waals surface area (Å²) in [7, 11) is 0. The molecule has 0 saturated carbocycles. The first-order valence-electron chi connectivity index (χ1n) is 14.0. The number of aliphatic carboxylic acids is 1. The Bertz CT molecular complexity index is 1690. The minimum absolute atomic E-state index is 0.0660. The molecular weight excluding hydrogens is 524 g/mol. The number of fused-ring (bicyclic) bond motifs is 1. The van der Waals surface area contributed by atoms with Crippen LogP contribution in [0.2, 0.25) is 0 Å². The van der Waals surface area contributed by atoms with Gasteiger partial charge in [-0.1, -0.05) is 112 Å². The van der Waals surface area contributed by atoms with Gasteiger partial charge in [0.2, 0.25) is 5.82 Å². The average Bonchev–Trinajstić information content (AvgIpc) is 3.00. The van der Waals surface area contributed by atoms with Gasteiger partial charge in [0.1, 0.15) is 11.9 Å². The highest BCUT2D eigenvalue weighted by Crippen LogP contribution is 2.24. The molecule has 1 heterocycles. The molecule has 1 aromatic heterocycles. The SMILES string of the molecule is CC(C)(C)c1ccc(CNc2nc(C(=O)N[C@@H](Cc3ccc(-c4ccccc4)cc3)C(=O)O)nc3ccccc23)cc1. The highest BCUT2D eigenvalue weighted by molar-refractivity contribution is 5.98. The summed E-state index contributed by atoms with van der Waals surface area (Å²) >= 11 is 0. The van der Waals surface area contributed by atoms with Crippen LogP contribution in [0.15, 0.2) is 103 Å². The lowest BCUT2D eigenvalue weighted by Crippen LogP contribution is -2.43. The molecule has 0 bridgehead atoms. The summed E-state index contributed by atoms with van der Waals surface area (Å²) in [6.45, 7) is 7.03. The van der Waals surface area contributed by atoms with Gasteiger partial charge in [0, 0.05) is 18.4 Å². The van der Waals surface area contributed by atoms with Crippen LogP contribution in [-0.2, 0) is 23.2 Å². The van der Waals surface area contributed by atoms with E-state index < -0.39 is 17.9 Å². The van der Waals surface area contributed by atoms with E-state index in [9.17, 15) is 14.7 Å². The van der Waals surface area contributed by atoms with Crippen molar-refractivity contribution in [1.29, 1.82) is 0 Å². The van der Waals surface area contributed by atoms with Crippen LogP contribution in [0, 0.1) is 0 Å². The van der Waals surface area contributed by atoms with E-state index in [1.807, 2.05) is 72.8 Å². The Morgan fingerprint density at radius 3 is 2.05 bits per heavy atom. The highest BCUT2D eigenvalue weighted by atomic mass is 16.4. The number of hydrogen-bond donors (Lipinski definition) is 3. The zero-order valence-electron chi connectivity index (χ0n) is 24.0. The fraction of sp³-hybridized carbons (Fsp3) is 0.200. The van der Waals surface area contributed by atoms with Crippen LogP contribution in [-0.4, -0.2) is 33.0 Å². The monoisotopic (exact) mass is 558 g/mol. The van der Waals surface area contributed by atoms with Crippen LogP contribution in [0.4, 0.5) is 5.82 Å². The normalized spacial score (nSPS) is 12.1. The van der Waals surface area contributed by atoms with Gasteiger partial charge in [0.05, 0.1) is 5.52 Å². The van der Waals surface area contributed by atoms with Gasteiger partial charge in [-0.3, -0.25) is 4.79 Å². The maximum atomic E-state index is 13.3. The molecule has 0 radical (unpaired) electrons. The number of carboxylic acids is 1. The summed E-state index contributed by atoms with van der Waals surface area (Å²) in [6, 6.07) is 32.3. The number of para-hydroxylation sites is 1. The predicted molar refractivity (Wildman–Crippen MR) is 166 cm³/mol. The predicted octanol–water partition coefficient (Wildman–Crippen LogP) is 6.63. The largest absolute Gasteiger partial charge is 0.480 e. The van der Waals surface area contributed by atoms with E-state index in [1.165, 1.54) is 5.56 Å². The Morgan fingerprint density at radius 1 is 0.762 bits per heavy atom. The van der Waals surface area contributed by atoms with Gasteiger partial charge >= 0.3 is 5.97 Å². The first-order chi connectivity index (χ1) is 20.2. The molecule has 0 aliphatic carbocycles. The molecule has 212 valence electrons. The number of anilines is 1. The van der Waals surface area contributed by atoms with Crippen molar-refractivity contribution in [3.05, 3.63) is 126 Å². The Balaban J connectivity index is 1.32.